The lowest BCUT2D eigenvalue weighted by Gasteiger charge is -2.15. The third-order valence-electron chi connectivity index (χ3n) is 4.69. The number of hydrogen-bond donors (Lipinski definition) is 0. The molecule has 1 heterocycles. The van der Waals surface area contributed by atoms with Crippen LogP contribution in [0.15, 0.2) is 35.9 Å². The fourth-order valence-corrected chi connectivity index (χ4v) is 2.91. The zero-order valence-corrected chi connectivity index (χ0v) is 18.4. The average Bonchev–Trinajstić information content (AvgIpc) is 2.97. The number of ether oxygens (including phenoxy) is 2. The molecular formula is C24H28N2O4. The Morgan fingerprint density at radius 2 is 1.80 bits per heavy atom. The topological polar surface area (TPSA) is 81.3 Å². The van der Waals surface area contributed by atoms with Crippen molar-refractivity contribution >= 4 is 17.8 Å². The van der Waals surface area contributed by atoms with Crippen molar-refractivity contribution in [3.63, 3.8) is 0 Å². The third kappa shape index (κ3) is 5.38. The first-order valence-electron chi connectivity index (χ1n) is 9.83. The number of nitriles is 1. The van der Waals surface area contributed by atoms with Crippen LogP contribution in [0.1, 0.15) is 44.6 Å². The summed E-state index contributed by atoms with van der Waals surface area (Å²) in [5, 5.41) is 9.42. The van der Waals surface area contributed by atoms with Crippen molar-refractivity contribution in [3.05, 3.63) is 52.9 Å². The number of Topliss-reactive ketones (excluding diaryl/α,β-unsaturated/α-hetero) is 1. The summed E-state index contributed by atoms with van der Waals surface area (Å²) < 4.78 is 12.6. The zero-order chi connectivity index (χ0) is 22.5. The van der Waals surface area contributed by atoms with E-state index >= 15 is 0 Å². The first kappa shape index (κ1) is 23.0. The van der Waals surface area contributed by atoms with E-state index in [-0.39, 0.29) is 18.0 Å². The number of aryl methyl sites for hydroxylation is 1. The summed E-state index contributed by atoms with van der Waals surface area (Å²) in [6.07, 6.45) is 1.50. The molecule has 0 atom stereocenters. The molecule has 2 aromatic rings. The van der Waals surface area contributed by atoms with E-state index < -0.39 is 11.4 Å². The molecule has 0 aliphatic carbocycles. The lowest BCUT2D eigenvalue weighted by atomic mass is 9.91. The van der Waals surface area contributed by atoms with Gasteiger partial charge < -0.3 is 14.0 Å². The summed E-state index contributed by atoms with van der Waals surface area (Å²) in [5.41, 5.74) is 2.75. The number of rotatable bonds is 7. The molecular weight excluding hydrogens is 380 g/mol. The highest BCUT2D eigenvalue weighted by atomic mass is 16.5. The number of carbonyl (C=O) groups is 2. The number of hydrogen-bond acceptors (Lipinski definition) is 5. The molecule has 0 fully saturated rings. The molecule has 6 nitrogen and oxygen atoms in total. The second-order valence-corrected chi connectivity index (χ2v) is 8.01. The molecule has 0 aliphatic heterocycles. The Labute approximate surface area is 177 Å². The van der Waals surface area contributed by atoms with Gasteiger partial charge in [0.25, 0.3) is 0 Å². The van der Waals surface area contributed by atoms with E-state index in [1.165, 1.54) is 6.08 Å². The van der Waals surface area contributed by atoms with Crippen LogP contribution < -0.4 is 4.74 Å². The quantitative estimate of drug-likeness (QED) is 0.381. The van der Waals surface area contributed by atoms with E-state index in [2.05, 4.69) is 0 Å². The van der Waals surface area contributed by atoms with Crippen molar-refractivity contribution in [1.29, 1.82) is 5.26 Å². The van der Waals surface area contributed by atoms with E-state index in [1.807, 2.05) is 61.7 Å². The Bertz CT molecular complexity index is 1000. The third-order valence-corrected chi connectivity index (χ3v) is 4.69. The fourth-order valence-electron chi connectivity index (χ4n) is 2.91. The van der Waals surface area contributed by atoms with Gasteiger partial charge in [-0.2, -0.15) is 5.26 Å². The monoisotopic (exact) mass is 408 g/mol. The molecule has 0 saturated heterocycles. The van der Waals surface area contributed by atoms with Gasteiger partial charge in [0.2, 0.25) is 0 Å². The van der Waals surface area contributed by atoms with Gasteiger partial charge in [-0.05, 0) is 62.7 Å². The highest BCUT2D eigenvalue weighted by Gasteiger charge is 2.23. The Morgan fingerprint density at radius 1 is 1.17 bits per heavy atom. The largest absolute Gasteiger partial charge is 0.494 e. The van der Waals surface area contributed by atoms with Crippen molar-refractivity contribution < 1.29 is 19.1 Å². The predicted molar refractivity (Wildman–Crippen MR) is 115 cm³/mol. The average molecular weight is 408 g/mol. The highest BCUT2D eigenvalue weighted by molar-refractivity contribution is 5.99. The Kier molecular flexibility index (Phi) is 7.23. The first-order valence-corrected chi connectivity index (χ1v) is 9.83. The molecule has 2 rings (SSSR count). The van der Waals surface area contributed by atoms with Crippen LogP contribution in [0.3, 0.4) is 0 Å². The van der Waals surface area contributed by atoms with E-state index in [0.717, 1.165) is 28.4 Å². The van der Waals surface area contributed by atoms with Gasteiger partial charge in [-0.15, -0.1) is 0 Å². The second-order valence-electron chi connectivity index (χ2n) is 8.01. The van der Waals surface area contributed by atoms with Crippen molar-refractivity contribution in [2.24, 2.45) is 5.41 Å². The van der Waals surface area contributed by atoms with Gasteiger partial charge in [-0.25, -0.2) is 4.79 Å². The predicted octanol–water partition coefficient (Wildman–Crippen LogP) is 4.56. The minimum absolute atomic E-state index is 0.149. The van der Waals surface area contributed by atoms with Gasteiger partial charge in [0.1, 0.15) is 17.4 Å². The molecule has 158 valence electrons. The van der Waals surface area contributed by atoms with E-state index in [0.29, 0.717) is 6.61 Å². The Hall–Kier alpha value is -3.33. The lowest BCUT2D eigenvalue weighted by Crippen LogP contribution is -2.26. The van der Waals surface area contributed by atoms with Crippen LogP contribution in [0.2, 0.25) is 0 Å². The molecule has 0 unspecified atom stereocenters. The van der Waals surface area contributed by atoms with E-state index in [9.17, 15) is 14.9 Å². The number of nitrogens with zero attached hydrogens (tertiary/aromatic N) is 2. The summed E-state index contributed by atoms with van der Waals surface area (Å²) >= 11 is 0. The van der Waals surface area contributed by atoms with Crippen molar-refractivity contribution in [2.75, 3.05) is 13.2 Å². The zero-order valence-electron chi connectivity index (χ0n) is 18.4. The standard InChI is InChI=1S/C24H28N2O4/c1-7-29-21-10-8-20(9-11-21)26-16(2)12-18(17(26)3)13-19(14-25)23(28)30-15-22(27)24(4,5)6/h8-13H,7,15H2,1-6H3/b19-13+. The maximum absolute atomic E-state index is 12.3. The normalized spacial score (nSPS) is 11.7. The minimum atomic E-state index is -0.805. The Balaban J connectivity index is 2.27. The van der Waals surface area contributed by atoms with Gasteiger partial charge in [-0.3, -0.25) is 4.79 Å². The maximum Gasteiger partial charge on any atom is 0.349 e. The summed E-state index contributed by atoms with van der Waals surface area (Å²) in [4.78, 5) is 24.3. The van der Waals surface area contributed by atoms with Gasteiger partial charge in [0.15, 0.2) is 12.4 Å². The van der Waals surface area contributed by atoms with Gasteiger partial charge in [0, 0.05) is 22.5 Å². The number of ketones is 1. The molecule has 1 aromatic heterocycles. The maximum atomic E-state index is 12.3. The summed E-state index contributed by atoms with van der Waals surface area (Å²) in [7, 11) is 0. The molecule has 6 heteroatoms. The molecule has 0 amide bonds. The van der Waals surface area contributed by atoms with Crippen molar-refractivity contribution in [2.45, 2.75) is 41.5 Å². The van der Waals surface area contributed by atoms with Gasteiger partial charge in [0.05, 0.1) is 6.61 Å². The molecule has 30 heavy (non-hydrogen) atoms. The van der Waals surface area contributed by atoms with Crippen molar-refractivity contribution in [1.82, 2.24) is 4.57 Å². The molecule has 0 radical (unpaired) electrons. The molecule has 0 spiro atoms. The van der Waals surface area contributed by atoms with Crippen LogP contribution in [0, 0.1) is 30.6 Å². The fraction of sp³-hybridized carbons (Fsp3) is 0.375. The molecule has 0 aliphatic rings. The Morgan fingerprint density at radius 3 is 2.33 bits per heavy atom. The molecule has 0 saturated carbocycles. The molecule has 1 aromatic carbocycles. The number of esters is 1. The smallest absolute Gasteiger partial charge is 0.349 e. The van der Waals surface area contributed by atoms with Crippen LogP contribution >= 0.6 is 0 Å². The van der Waals surface area contributed by atoms with E-state index in [1.54, 1.807) is 20.8 Å². The summed E-state index contributed by atoms with van der Waals surface area (Å²) in [5.74, 6) is -0.217. The van der Waals surface area contributed by atoms with Crippen LogP contribution in [0.4, 0.5) is 0 Å². The summed E-state index contributed by atoms with van der Waals surface area (Å²) in [6.45, 7) is 11.3. The second kappa shape index (κ2) is 9.45. The molecule has 0 bridgehead atoms. The number of benzene rings is 1. The SMILES string of the molecule is CCOc1ccc(-n2c(C)cc(/C=C(\C#N)C(=O)OCC(=O)C(C)(C)C)c2C)cc1. The molecule has 0 N–H and O–H groups in total. The van der Waals surface area contributed by atoms with E-state index in [4.69, 9.17) is 9.47 Å². The first-order chi connectivity index (χ1) is 14.1. The van der Waals surface area contributed by atoms with Crippen LogP contribution in [-0.4, -0.2) is 29.5 Å². The van der Waals surface area contributed by atoms with Crippen LogP contribution in [-0.2, 0) is 14.3 Å². The van der Waals surface area contributed by atoms with Crippen LogP contribution in [0.25, 0.3) is 11.8 Å². The van der Waals surface area contributed by atoms with Crippen LogP contribution in [0.5, 0.6) is 5.75 Å². The summed E-state index contributed by atoms with van der Waals surface area (Å²) in [6, 6.07) is 11.5. The minimum Gasteiger partial charge on any atom is -0.494 e. The van der Waals surface area contributed by atoms with Crippen molar-refractivity contribution in [3.8, 4) is 17.5 Å². The lowest BCUT2D eigenvalue weighted by molar-refractivity contribution is -0.146. The number of carbonyl (C=O) groups excluding carboxylic acids is 2. The van der Waals surface area contributed by atoms with Gasteiger partial charge >= 0.3 is 5.97 Å². The van der Waals surface area contributed by atoms with Gasteiger partial charge in [-0.1, -0.05) is 20.8 Å². The highest BCUT2D eigenvalue weighted by Crippen LogP contribution is 2.24. The number of aromatic nitrogens is 1.